The van der Waals surface area contributed by atoms with Gasteiger partial charge in [-0.3, -0.25) is 0 Å². The third-order valence-electron chi connectivity index (χ3n) is 26.7. The highest BCUT2D eigenvalue weighted by Gasteiger charge is 2.39. The van der Waals surface area contributed by atoms with E-state index >= 15 is 0 Å². The molecular formula is C90H118N2. The summed E-state index contributed by atoms with van der Waals surface area (Å²) in [6.45, 7) is 0. The van der Waals surface area contributed by atoms with E-state index in [4.69, 9.17) is 0 Å². The Morgan fingerprint density at radius 1 is 0.207 bits per heavy atom. The van der Waals surface area contributed by atoms with Crippen LogP contribution in [0.25, 0.3) is 0 Å². The fourth-order valence-corrected chi connectivity index (χ4v) is 21.4. The minimum Gasteiger partial charge on any atom is -0.310 e. The molecule has 9 fully saturated rings. The third kappa shape index (κ3) is 13.7. The van der Waals surface area contributed by atoms with Crippen LogP contribution in [0, 0.1) is 0 Å². The van der Waals surface area contributed by atoms with Gasteiger partial charge in [-0.1, -0.05) is 246 Å². The number of benzene rings is 6. The molecule has 0 saturated heterocycles. The summed E-state index contributed by atoms with van der Waals surface area (Å²) in [7, 11) is 0. The molecule has 0 aromatic heterocycles. The Labute approximate surface area is 559 Å². The van der Waals surface area contributed by atoms with Gasteiger partial charge in [-0.2, -0.15) is 0 Å². The first-order valence-corrected chi connectivity index (χ1v) is 40.0. The van der Waals surface area contributed by atoms with E-state index in [1.807, 2.05) is 0 Å². The van der Waals surface area contributed by atoms with Crippen molar-refractivity contribution >= 4 is 34.1 Å². The summed E-state index contributed by atoms with van der Waals surface area (Å²) in [6.07, 6.45) is 61.1. The van der Waals surface area contributed by atoms with Crippen molar-refractivity contribution in [3.05, 3.63) is 177 Å². The Hall–Kier alpha value is -5.08. The van der Waals surface area contributed by atoms with Crippen molar-refractivity contribution < 1.29 is 0 Å². The molecule has 2 heteroatoms. The average Bonchev–Trinajstić information content (AvgIpc) is 0.783. The second-order valence-corrected chi connectivity index (χ2v) is 32.4. The van der Waals surface area contributed by atoms with E-state index < -0.39 is 0 Å². The van der Waals surface area contributed by atoms with E-state index in [0.717, 1.165) is 0 Å². The fourth-order valence-electron chi connectivity index (χ4n) is 21.4. The van der Waals surface area contributed by atoms with Crippen molar-refractivity contribution in [2.75, 3.05) is 9.80 Å². The lowest BCUT2D eigenvalue weighted by molar-refractivity contribution is 0.346. The maximum Gasteiger partial charge on any atom is 0.0531 e. The topological polar surface area (TPSA) is 6.48 Å². The zero-order chi connectivity index (χ0) is 61.5. The van der Waals surface area contributed by atoms with Crippen LogP contribution in [0.15, 0.2) is 121 Å². The van der Waals surface area contributed by atoms with Gasteiger partial charge < -0.3 is 9.80 Å². The summed E-state index contributed by atoms with van der Waals surface area (Å²) in [5, 5.41) is 0. The van der Waals surface area contributed by atoms with Crippen molar-refractivity contribution in [2.45, 2.75) is 342 Å². The van der Waals surface area contributed by atoms with E-state index in [2.05, 4.69) is 131 Å². The van der Waals surface area contributed by atoms with Gasteiger partial charge >= 0.3 is 0 Å². The largest absolute Gasteiger partial charge is 0.310 e. The predicted molar refractivity (Wildman–Crippen MR) is 393 cm³/mol. The molecule has 6 aromatic rings. The van der Waals surface area contributed by atoms with Crippen LogP contribution in [0.2, 0.25) is 0 Å². The lowest BCUT2D eigenvalue weighted by Gasteiger charge is -2.40. The van der Waals surface area contributed by atoms with Gasteiger partial charge in [-0.25, -0.2) is 0 Å². The molecule has 15 rings (SSSR count). The van der Waals surface area contributed by atoms with E-state index in [1.54, 1.807) is 55.9 Å². The lowest BCUT2D eigenvalue weighted by Crippen LogP contribution is -2.30. The molecule has 92 heavy (non-hydrogen) atoms. The zero-order valence-corrected chi connectivity index (χ0v) is 57.4. The highest BCUT2D eigenvalue weighted by Crippen LogP contribution is 2.56. The molecule has 0 atom stereocenters. The molecule has 0 radical (unpaired) electrons. The molecular weight excluding hydrogens is 1110 g/mol. The SMILES string of the molecule is c1cc(N(c2ccc(C3(c4ccc(N(c5ccc(C6CCCCC6)cc5)c5c(C6CCCCC6)cc(C6CCCCC6)cc5C5CCCCC5)cc4)CCCCC3)cc2)c2c(C3CCCCC3)cc(C3CCCCC3)cc2C2CCCCC2)ccc1C1CCCCC1. The predicted octanol–water partition coefficient (Wildman–Crippen LogP) is 28.3. The van der Waals surface area contributed by atoms with E-state index in [1.165, 1.54) is 323 Å². The molecule has 6 aromatic carbocycles. The Balaban J connectivity index is 0.848. The van der Waals surface area contributed by atoms with Crippen molar-refractivity contribution in [3.63, 3.8) is 0 Å². The van der Waals surface area contributed by atoms with Gasteiger partial charge in [-0.05, 0) is 267 Å². The molecule has 2 nitrogen and oxygen atoms in total. The molecule has 0 bridgehead atoms. The summed E-state index contributed by atoms with van der Waals surface area (Å²) in [5.74, 6) is 5.31. The number of nitrogens with zero attached hydrogens (tertiary/aromatic N) is 2. The van der Waals surface area contributed by atoms with Crippen LogP contribution in [0.5, 0.6) is 0 Å². The van der Waals surface area contributed by atoms with Gasteiger partial charge in [0.05, 0.1) is 11.4 Å². The van der Waals surface area contributed by atoms with E-state index in [-0.39, 0.29) is 5.41 Å². The quantitative estimate of drug-likeness (QED) is 0.0953. The summed E-state index contributed by atoms with van der Waals surface area (Å²) in [6, 6.07) is 53.0. The first-order chi connectivity index (χ1) is 45.6. The summed E-state index contributed by atoms with van der Waals surface area (Å²) in [5.41, 5.74) is 25.0. The van der Waals surface area contributed by atoms with Gasteiger partial charge in [0.25, 0.3) is 0 Å². The fraction of sp³-hybridized carbons (Fsp3) is 0.600. The standard InChI is InChI=1S/C90H118N2/c1-10-28-66(29-11-1)70-44-52-80(53-45-70)91(88-84(72-36-18-5-19-37-72)62-76(68-32-14-3-15-33-68)63-85(88)73-38-20-6-21-39-73)82-56-48-78(49-57-82)90(60-26-9-27-61-90)79-50-58-83(59-51-79)92(81-54-46-71(47-55-81)67-30-12-2-13-31-67)89-86(74-40-22-7-23-41-74)64-77(69-34-16-4-17-35-69)65-87(89)75-42-24-8-25-43-75/h44-59,62-69,72-75H,1-43,60-61H2. The third-order valence-corrected chi connectivity index (χ3v) is 26.7. The highest BCUT2D eigenvalue weighted by atomic mass is 15.2. The number of anilines is 6. The Kier molecular flexibility index (Phi) is 20.5. The van der Waals surface area contributed by atoms with Crippen molar-refractivity contribution in [1.29, 1.82) is 0 Å². The molecule has 0 heterocycles. The molecule has 488 valence electrons. The number of rotatable bonds is 16. The molecule has 0 N–H and O–H groups in total. The molecule has 0 aliphatic heterocycles. The van der Waals surface area contributed by atoms with Gasteiger partial charge in [0.15, 0.2) is 0 Å². The van der Waals surface area contributed by atoms with Crippen LogP contribution >= 0.6 is 0 Å². The monoisotopic (exact) mass is 1230 g/mol. The van der Waals surface area contributed by atoms with E-state index in [9.17, 15) is 0 Å². The van der Waals surface area contributed by atoms with Crippen LogP contribution in [-0.4, -0.2) is 0 Å². The molecule has 9 aliphatic rings. The van der Waals surface area contributed by atoms with Crippen molar-refractivity contribution in [3.8, 4) is 0 Å². The van der Waals surface area contributed by atoms with Crippen LogP contribution in [0.4, 0.5) is 34.1 Å². The first kappa shape index (κ1) is 63.0. The van der Waals surface area contributed by atoms with Crippen LogP contribution in [-0.2, 0) is 5.41 Å². The minimum atomic E-state index is -0.0292. The van der Waals surface area contributed by atoms with Gasteiger partial charge in [0, 0.05) is 28.2 Å². The Morgan fingerprint density at radius 3 is 0.663 bits per heavy atom. The molecule has 0 spiro atoms. The highest BCUT2D eigenvalue weighted by molar-refractivity contribution is 5.84. The second kappa shape index (κ2) is 29.9. The van der Waals surface area contributed by atoms with Crippen LogP contribution in [0.3, 0.4) is 0 Å². The van der Waals surface area contributed by atoms with Gasteiger partial charge in [-0.15, -0.1) is 0 Å². The smallest absolute Gasteiger partial charge is 0.0531 e. The minimum absolute atomic E-state index is 0.0292. The summed E-state index contributed by atoms with van der Waals surface area (Å²) < 4.78 is 0. The normalized spacial score (nSPS) is 22.7. The summed E-state index contributed by atoms with van der Waals surface area (Å²) >= 11 is 0. The van der Waals surface area contributed by atoms with Gasteiger partial charge in [0.2, 0.25) is 0 Å². The van der Waals surface area contributed by atoms with Crippen LogP contribution in [0.1, 0.15) is 392 Å². The van der Waals surface area contributed by atoms with Crippen molar-refractivity contribution in [1.82, 2.24) is 0 Å². The van der Waals surface area contributed by atoms with Gasteiger partial charge in [0.1, 0.15) is 0 Å². The van der Waals surface area contributed by atoms with E-state index in [0.29, 0.717) is 47.3 Å². The number of hydrogen-bond donors (Lipinski definition) is 0. The molecule has 9 aliphatic carbocycles. The number of hydrogen-bond acceptors (Lipinski definition) is 2. The molecule has 9 saturated carbocycles. The van der Waals surface area contributed by atoms with Crippen LogP contribution < -0.4 is 9.80 Å². The zero-order valence-electron chi connectivity index (χ0n) is 57.4. The second-order valence-electron chi connectivity index (χ2n) is 32.4. The Bertz CT molecular complexity index is 2980. The van der Waals surface area contributed by atoms with Crippen molar-refractivity contribution in [2.24, 2.45) is 0 Å². The molecule has 0 unspecified atom stereocenters. The summed E-state index contributed by atoms with van der Waals surface area (Å²) in [4.78, 5) is 5.72. The Morgan fingerprint density at radius 2 is 0.413 bits per heavy atom. The maximum atomic E-state index is 2.86. The lowest BCUT2D eigenvalue weighted by atomic mass is 9.65. The first-order valence-electron chi connectivity index (χ1n) is 40.0. The maximum absolute atomic E-state index is 2.86. The average molecular weight is 1230 g/mol. The molecule has 0 amide bonds.